The van der Waals surface area contributed by atoms with Crippen LogP contribution >= 0.6 is 0 Å². The van der Waals surface area contributed by atoms with Crippen LogP contribution in [0.3, 0.4) is 0 Å². The number of hydrogen-bond donors (Lipinski definition) is 0. The van der Waals surface area contributed by atoms with Crippen LogP contribution in [0.4, 0.5) is 0 Å². The molecule has 0 bridgehead atoms. The van der Waals surface area contributed by atoms with Gasteiger partial charge in [-0.25, -0.2) is 15.0 Å². The van der Waals surface area contributed by atoms with Gasteiger partial charge in [0, 0.05) is 36.4 Å². The van der Waals surface area contributed by atoms with E-state index in [1.807, 2.05) is 0 Å². The van der Waals surface area contributed by atoms with Gasteiger partial charge in [-0.2, -0.15) is 0 Å². The lowest BCUT2D eigenvalue weighted by Crippen LogP contribution is -2.09. The van der Waals surface area contributed by atoms with E-state index in [2.05, 4.69) is 53.3 Å². The molecule has 0 atom stereocenters. The second kappa shape index (κ2) is 23.1. The number of ether oxygens (including phenoxy) is 9. The number of aromatic nitrogens is 3. The van der Waals surface area contributed by atoms with Crippen LogP contribution in [-0.4, -0.2) is 74.4 Å². The molecule has 0 aliphatic heterocycles. The number of nitrogens with zero attached hydrogens (tertiary/aromatic N) is 3. The average Bonchev–Trinajstić information content (AvgIpc) is 3.27. The first-order valence-electron chi connectivity index (χ1n) is 17.3. The van der Waals surface area contributed by atoms with Crippen molar-refractivity contribution in [2.45, 2.75) is 0 Å². The summed E-state index contributed by atoms with van der Waals surface area (Å²) in [5, 5.41) is 0. The molecule has 0 aliphatic carbocycles. The van der Waals surface area contributed by atoms with Crippen LogP contribution in [-0.2, 0) is 0 Å². The van der Waals surface area contributed by atoms with Gasteiger partial charge in [-0.15, -0.1) is 57.8 Å². The highest BCUT2D eigenvalue weighted by Crippen LogP contribution is 2.47. The zero-order chi connectivity index (χ0) is 43.1. The third-order valence-corrected chi connectivity index (χ3v) is 7.26. The fourth-order valence-corrected chi connectivity index (χ4v) is 5.09. The highest BCUT2D eigenvalue weighted by Gasteiger charge is 2.28. The van der Waals surface area contributed by atoms with Crippen LogP contribution in [0.5, 0.6) is 51.7 Å². The lowest BCUT2D eigenvalue weighted by molar-refractivity contribution is 0.336. The molecule has 0 fully saturated rings. The molecule has 1 heterocycles. The second-order valence-electron chi connectivity index (χ2n) is 11.1. The molecule has 0 amide bonds. The summed E-state index contributed by atoms with van der Waals surface area (Å²) in [6, 6.07) is 9.15. The first kappa shape index (κ1) is 43.6. The lowest BCUT2D eigenvalue weighted by atomic mass is 10.1. The van der Waals surface area contributed by atoms with E-state index in [0.29, 0.717) is 0 Å². The molecule has 1 aromatic heterocycles. The van der Waals surface area contributed by atoms with Crippen LogP contribution in [0.25, 0.3) is 34.2 Å². The van der Waals surface area contributed by atoms with Gasteiger partial charge in [0.15, 0.2) is 17.5 Å². The van der Waals surface area contributed by atoms with Crippen molar-refractivity contribution >= 4 is 0 Å². The third-order valence-electron chi connectivity index (χ3n) is 7.26. The molecule has 0 saturated heterocycles. The summed E-state index contributed by atoms with van der Waals surface area (Å²) < 4.78 is 53.4. The van der Waals surface area contributed by atoms with E-state index in [1.165, 1.54) is 36.4 Å². The Kier molecular flexibility index (Phi) is 16.8. The zero-order valence-electron chi connectivity index (χ0n) is 32.0. The molecule has 4 rings (SSSR count). The van der Waals surface area contributed by atoms with Crippen LogP contribution in [0.15, 0.2) is 36.4 Å². The van der Waals surface area contributed by atoms with Crippen molar-refractivity contribution in [1.82, 2.24) is 15.0 Å². The molecule has 0 aliphatic rings. The maximum absolute atomic E-state index is 6.03. The molecule has 0 unspecified atom stereocenters. The highest BCUT2D eigenvalue weighted by molar-refractivity contribution is 5.82. The topological polar surface area (TPSA) is 122 Å². The lowest BCUT2D eigenvalue weighted by Gasteiger charge is -2.20. The summed E-state index contributed by atoms with van der Waals surface area (Å²) in [5.74, 6) is 23.0. The normalized spacial score (nSPS) is 9.45. The molecule has 12 nitrogen and oxygen atoms in total. The van der Waals surface area contributed by atoms with E-state index in [9.17, 15) is 0 Å². The minimum absolute atomic E-state index is 0.0746. The molecule has 0 saturated carbocycles. The first-order chi connectivity index (χ1) is 29.4. The molecule has 0 spiro atoms. The van der Waals surface area contributed by atoms with Crippen LogP contribution < -0.4 is 42.6 Å². The largest absolute Gasteiger partial charge is 0.481 e. The summed E-state index contributed by atoms with van der Waals surface area (Å²) in [6.07, 6.45) is 50.2. The van der Waals surface area contributed by atoms with E-state index in [1.54, 1.807) is 0 Å². The van der Waals surface area contributed by atoms with Gasteiger partial charge in [0.1, 0.15) is 128 Å². The van der Waals surface area contributed by atoms with Crippen molar-refractivity contribution in [2.24, 2.45) is 0 Å². The van der Waals surface area contributed by atoms with E-state index in [0.717, 1.165) is 0 Å². The van der Waals surface area contributed by atoms with Crippen molar-refractivity contribution in [3.63, 3.8) is 0 Å². The molecule has 3 aromatic carbocycles. The van der Waals surface area contributed by atoms with Gasteiger partial charge in [0.05, 0.1) is 0 Å². The van der Waals surface area contributed by atoms with Gasteiger partial charge in [0.25, 0.3) is 0 Å². The molecule has 12 heteroatoms. The number of benzene rings is 3. The average molecular weight is 796 g/mol. The summed E-state index contributed by atoms with van der Waals surface area (Å²) in [6.45, 7) is -1.49. The maximum Gasteiger partial charge on any atom is 0.171 e. The fraction of sp³-hybridized carbons (Fsp3) is 0.188. The quantitative estimate of drug-likeness (QED) is 0.106. The molecular weight excluding hydrogens is 763 g/mol. The minimum Gasteiger partial charge on any atom is -0.481 e. The molecule has 0 radical (unpaired) electrons. The first-order valence-corrected chi connectivity index (χ1v) is 17.3. The van der Waals surface area contributed by atoms with Gasteiger partial charge in [-0.3, -0.25) is 0 Å². The number of hydrogen-bond acceptors (Lipinski definition) is 12. The Morgan fingerprint density at radius 1 is 0.283 bits per heavy atom. The van der Waals surface area contributed by atoms with Crippen molar-refractivity contribution in [2.75, 3.05) is 59.5 Å². The Morgan fingerprint density at radius 3 is 0.617 bits per heavy atom. The Hall–Kier alpha value is -9.09. The Morgan fingerprint density at radius 2 is 0.450 bits per heavy atom. The highest BCUT2D eigenvalue weighted by atomic mass is 16.5. The van der Waals surface area contributed by atoms with Crippen molar-refractivity contribution in [3.8, 4) is 197 Å². The Labute approximate surface area is 349 Å². The smallest absolute Gasteiger partial charge is 0.171 e. The maximum atomic E-state index is 6.03. The van der Waals surface area contributed by atoms with E-state index in [4.69, 9.17) is 115 Å². The van der Waals surface area contributed by atoms with Crippen LogP contribution in [0.1, 0.15) is 0 Å². The van der Waals surface area contributed by atoms with E-state index >= 15 is 0 Å². The van der Waals surface area contributed by atoms with Gasteiger partial charge >= 0.3 is 0 Å². The summed E-state index contributed by atoms with van der Waals surface area (Å²) in [7, 11) is 0. The van der Waals surface area contributed by atoms with E-state index in [-0.39, 0.29) is 145 Å². The van der Waals surface area contributed by atoms with Gasteiger partial charge in [0.2, 0.25) is 0 Å². The summed E-state index contributed by atoms with van der Waals surface area (Å²) >= 11 is 0. The second-order valence-corrected chi connectivity index (χ2v) is 11.1. The third kappa shape index (κ3) is 11.5. The monoisotopic (exact) mass is 795 g/mol. The van der Waals surface area contributed by atoms with Crippen molar-refractivity contribution < 1.29 is 42.6 Å². The van der Waals surface area contributed by atoms with Gasteiger partial charge in [-0.1, -0.05) is 53.3 Å². The van der Waals surface area contributed by atoms with Crippen molar-refractivity contribution in [3.05, 3.63) is 36.4 Å². The van der Waals surface area contributed by atoms with Crippen LogP contribution in [0, 0.1) is 111 Å². The molecule has 294 valence electrons. The fourth-order valence-electron chi connectivity index (χ4n) is 5.09. The number of rotatable bonds is 21. The molecule has 60 heavy (non-hydrogen) atoms. The summed E-state index contributed by atoms with van der Waals surface area (Å²) in [5.41, 5.74) is 0.447. The predicted octanol–water partition coefficient (Wildman–Crippen LogP) is 4.98. The van der Waals surface area contributed by atoms with Gasteiger partial charge < -0.3 is 42.6 Å². The summed E-state index contributed by atoms with van der Waals surface area (Å²) in [4.78, 5) is 14.7. The molecule has 4 aromatic rings. The Bertz CT molecular complexity index is 2170. The number of terminal acetylenes is 9. The predicted molar refractivity (Wildman–Crippen MR) is 225 cm³/mol. The zero-order valence-corrected chi connectivity index (χ0v) is 32.0. The SMILES string of the molecule is C#CCOc1cc(OCC#C)c(-c2nc(-c3c(OCC#C)cc(OCC#C)cc3OCC#C)nc(-c3c(OCC#C)cc(OCC#C)cc3OCC#C)n2)c(OCC#C)c1. The minimum atomic E-state index is -0.203. The Balaban J connectivity index is 2.27. The van der Waals surface area contributed by atoms with Crippen molar-refractivity contribution in [1.29, 1.82) is 0 Å². The van der Waals surface area contributed by atoms with E-state index < -0.39 is 0 Å². The van der Waals surface area contributed by atoms with Gasteiger partial charge in [-0.05, 0) is 0 Å². The van der Waals surface area contributed by atoms with Crippen LogP contribution in [0.2, 0.25) is 0 Å². The molecular formula is C48H33N3O9. The standard InChI is InChI=1S/C48H33N3O9/c1-10-19-52-34-28-37(55-22-13-4)43(38(29-34)56-23-14-5)46-49-47(44-39(57-24-15-6)30-35(53-20-11-2)31-40(44)58-25-16-7)51-48(50-46)45-41(59-26-17-8)32-36(54-21-12-3)33-42(45)60-27-18-9/h1-9,28-33H,19-27H2. The molecule has 0 N–H and O–H groups in total.